The Bertz CT molecular complexity index is 420. The van der Waals surface area contributed by atoms with Crippen molar-refractivity contribution < 1.29 is 23.4 Å². The highest BCUT2D eigenvalue weighted by atomic mass is 19.1. The summed E-state index contributed by atoms with van der Waals surface area (Å²) in [6.07, 6.45) is 0.973. The van der Waals surface area contributed by atoms with Gasteiger partial charge >= 0.3 is 5.97 Å². The average Bonchev–Trinajstić information content (AvgIpc) is 2.44. The first-order chi connectivity index (χ1) is 9.69. The number of halogens is 1. The molecule has 4 nitrogen and oxygen atoms in total. The van der Waals surface area contributed by atoms with E-state index in [4.69, 9.17) is 14.2 Å². The number of esters is 1. The lowest BCUT2D eigenvalue weighted by molar-refractivity contribution is 0.0406. The van der Waals surface area contributed by atoms with Crippen LogP contribution in [0.2, 0.25) is 0 Å². The van der Waals surface area contributed by atoms with Crippen LogP contribution < -0.4 is 0 Å². The quantitative estimate of drug-likeness (QED) is 0.516. The van der Waals surface area contributed by atoms with Gasteiger partial charge in [0.2, 0.25) is 0 Å². The first kappa shape index (κ1) is 16.6. The second-order valence-electron chi connectivity index (χ2n) is 4.20. The van der Waals surface area contributed by atoms with Crippen molar-refractivity contribution in [2.24, 2.45) is 0 Å². The van der Waals surface area contributed by atoms with E-state index in [9.17, 15) is 9.18 Å². The summed E-state index contributed by atoms with van der Waals surface area (Å²) in [6.45, 7) is 5.95. The molecule has 0 radical (unpaired) electrons. The fourth-order valence-electron chi connectivity index (χ4n) is 1.58. The van der Waals surface area contributed by atoms with E-state index >= 15 is 0 Å². The average molecular weight is 284 g/mol. The Morgan fingerprint density at radius 3 is 2.60 bits per heavy atom. The standard InChI is InChI=1S/C15H21FO4/c1-3-7-18-8-9-19-11-12-5-6-14(16)13(10-12)15(17)20-4-2/h5-6,10H,3-4,7-9,11H2,1-2H3. The van der Waals surface area contributed by atoms with E-state index in [2.05, 4.69) is 0 Å². The monoisotopic (exact) mass is 284 g/mol. The highest BCUT2D eigenvalue weighted by Gasteiger charge is 2.13. The number of hydrogen-bond donors (Lipinski definition) is 0. The van der Waals surface area contributed by atoms with E-state index in [1.165, 1.54) is 12.1 Å². The zero-order chi connectivity index (χ0) is 14.8. The number of benzene rings is 1. The van der Waals surface area contributed by atoms with Gasteiger partial charge in [0, 0.05) is 6.61 Å². The molecule has 0 amide bonds. The molecular weight excluding hydrogens is 263 g/mol. The van der Waals surface area contributed by atoms with Crippen molar-refractivity contribution in [3.8, 4) is 0 Å². The van der Waals surface area contributed by atoms with Crippen molar-refractivity contribution in [3.05, 3.63) is 35.1 Å². The smallest absolute Gasteiger partial charge is 0.341 e. The molecule has 0 bridgehead atoms. The molecule has 0 spiro atoms. The number of rotatable bonds is 9. The number of carbonyl (C=O) groups is 1. The van der Waals surface area contributed by atoms with Crippen molar-refractivity contribution in [1.29, 1.82) is 0 Å². The molecule has 0 saturated heterocycles. The summed E-state index contributed by atoms with van der Waals surface area (Å²) in [6, 6.07) is 4.30. The molecule has 20 heavy (non-hydrogen) atoms. The Morgan fingerprint density at radius 2 is 1.90 bits per heavy atom. The van der Waals surface area contributed by atoms with E-state index in [-0.39, 0.29) is 12.2 Å². The lowest BCUT2D eigenvalue weighted by Crippen LogP contribution is -2.09. The summed E-state index contributed by atoms with van der Waals surface area (Å²) in [4.78, 5) is 11.5. The summed E-state index contributed by atoms with van der Waals surface area (Å²) in [5.74, 6) is -1.24. The summed E-state index contributed by atoms with van der Waals surface area (Å²) in [7, 11) is 0. The predicted molar refractivity (Wildman–Crippen MR) is 73.1 cm³/mol. The molecule has 112 valence electrons. The summed E-state index contributed by atoms with van der Waals surface area (Å²) >= 11 is 0. The molecule has 0 unspecified atom stereocenters. The Labute approximate surface area is 118 Å². The maximum atomic E-state index is 13.5. The molecule has 1 rings (SSSR count). The lowest BCUT2D eigenvalue weighted by Gasteiger charge is -2.08. The Balaban J connectivity index is 2.46. The van der Waals surface area contributed by atoms with Gasteiger partial charge in [-0.2, -0.15) is 0 Å². The molecule has 0 aliphatic rings. The van der Waals surface area contributed by atoms with Crippen LogP contribution >= 0.6 is 0 Å². The summed E-state index contributed by atoms with van der Waals surface area (Å²) < 4.78 is 29.0. The largest absolute Gasteiger partial charge is 0.462 e. The Kier molecular flexibility index (Phi) is 7.84. The highest BCUT2D eigenvalue weighted by molar-refractivity contribution is 5.89. The van der Waals surface area contributed by atoms with Crippen molar-refractivity contribution in [3.63, 3.8) is 0 Å². The van der Waals surface area contributed by atoms with Crippen LogP contribution in [-0.2, 0) is 20.8 Å². The van der Waals surface area contributed by atoms with Gasteiger partial charge in [0.05, 0.1) is 32.0 Å². The molecule has 0 atom stereocenters. The van der Waals surface area contributed by atoms with Gasteiger partial charge in [-0.3, -0.25) is 0 Å². The van der Waals surface area contributed by atoms with Crippen LogP contribution in [-0.4, -0.2) is 32.4 Å². The van der Waals surface area contributed by atoms with E-state index in [0.29, 0.717) is 26.4 Å². The maximum Gasteiger partial charge on any atom is 0.341 e. The highest BCUT2D eigenvalue weighted by Crippen LogP contribution is 2.13. The van der Waals surface area contributed by atoms with Gasteiger partial charge in [0.15, 0.2) is 0 Å². The third-order valence-corrected chi connectivity index (χ3v) is 2.52. The van der Waals surface area contributed by atoms with Gasteiger partial charge in [-0.1, -0.05) is 13.0 Å². The summed E-state index contributed by atoms with van der Waals surface area (Å²) in [5.41, 5.74) is 0.667. The van der Waals surface area contributed by atoms with E-state index < -0.39 is 11.8 Å². The number of ether oxygens (including phenoxy) is 3. The molecule has 0 aliphatic heterocycles. The van der Waals surface area contributed by atoms with Crippen molar-refractivity contribution in [1.82, 2.24) is 0 Å². The van der Waals surface area contributed by atoms with Gasteiger partial charge in [0.25, 0.3) is 0 Å². The van der Waals surface area contributed by atoms with Crippen LogP contribution in [0.1, 0.15) is 36.2 Å². The van der Waals surface area contributed by atoms with Gasteiger partial charge in [-0.05, 0) is 31.0 Å². The van der Waals surface area contributed by atoms with Gasteiger partial charge in [0.1, 0.15) is 5.82 Å². The first-order valence-corrected chi connectivity index (χ1v) is 6.80. The Hall–Kier alpha value is -1.46. The second kappa shape index (κ2) is 9.44. The van der Waals surface area contributed by atoms with Gasteiger partial charge < -0.3 is 14.2 Å². The Morgan fingerprint density at radius 1 is 1.15 bits per heavy atom. The molecule has 0 N–H and O–H groups in total. The van der Waals surface area contributed by atoms with Crippen LogP contribution in [0.25, 0.3) is 0 Å². The fraction of sp³-hybridized carbons (Fsp3) is 0.533. The SMILES string of the molecule is CCCOCCOCc1ccc(F)c(C(=O)OCC)c1. The second-order valence-corrected chi connectivity index (χ2v) is 4.20. The van der Waals surface area contributed by atoms with Crippen molar-refractivity contribution in [2.45, 2.75) is 26.9 Å². The first-order valence-electron chi connectivity index (χ1n) is 6.80. The number of carbonyl (C=O) groups excluding carboxylic acids is 1. The minimum atomic E-state index is -0.655. The molecule has 0 saturated carbocycles. The zero-order valence-corrected chi connectivity index (χ0v) is 12.0. The molecule has 0 aliphatic carbocycles. The van der Waals surface area contributed by atoms with Crippen LogP contribution in [0.4, 0.5) is 4.39 Å². The molecule has 5 heteroatoms. The molecule has 0 aromatic heterocycles. The molecule has 1 aromatic carbocycles. The fourth-order valence-corrected chi connectivity index (χ4v) is 1.58. The third-order valence-electron chi connectivity index (χ3n) is 2.52. The third kappa shape index (κ3) is 5.67. The maximum absolute atomic E-state index is 13.5. The lowest BCUT2D eigenvalue weighted by atomic mass is 10.1. The summed E-state index contributed by atoms with van der Waals surface area (Å²) in [5, 5.41) is 0. The topological polar surface area (TPSA) is 44.8 Å². The van der Waals surface area contributed by atoms with Crippen LogP contribution in [0.15, 0.2) is 18.2 Å². The van der Waals surface area contributed by atoms with Crippen molar-refractivity contribution >= 4 is 5.97 Å². The van der Waals surface area contributed by atoms with Crippen LogP contribution in [0, 0.1) is 5.82 Å². The van der Waals surface area contributed by atoms with Gasteiger partial charge in [-0.25, -0.2) is 9.18 Å². The van der Waals surface area contributed by atoms with Crippen LogP contribution in [0.5, 0.6) is 0 Å². The normalized spacial score (nSPS) is 10.6. The predicted octanol–water partition coefficient (Wildman–Crippen LogP) is 2.95. The molecular formula is C15H21FO4. The molecule has 0 heterocycles. The number of hydrogen-bond acceptors (Lipinski definition) is 4. The van der Waals surface area contributed by atoms with Gasteiger partial charge in [-0.15, -0.1) is 0 Å². The van der Waals surface area contributed by atoms with Crippen molar-refractivity contribution in [2.75, 3.05) is 26.4 Å². The zero-order valence-electron chi connectivity index (χ0n) is 12.0. The van der Waals surface area contributed by atoms with E-state index in [1.807, 2.05) is 6.92 Å². The van der Waals surface area contributed by atoms with Crippen LogP contribution in [0.3, 0.4) is 0 Å². The minimum absolute atomic E-state index is 0.0600. The van der Waals surface area contributed by atoms with E-state index in [0.717, 1.165) is 12.0 Å². The minimum Gasteiger partial charge on any atom is -0.462 e. The molecule has 1 aromatic rings. The molecule has 0 fully saturated rings. The van der Waals surface area contributed by atoms with E-state index in [1.54, 1.807) is 13.0 Å².